The Hall–Kier alpha value is -1.96. The summed E-state index contributed by atoms with van der Waals surface area (Å²) in [7, 11) is -1.15. The van der Waals surface area contributed by atoms with Gasteiger partial charge in [0.15, 0.2) is 0 Å². The van der Waals surface area contributed by atoms with Gasteiger partial charge in [0.1, 0.15) is 4.90 Å². The fraction of sp³-hybridized carbons (Fsp3) is 0.250. The molecule has 2 aromatic rings. The number of aromatic nitrogens is 1. The van der Waals surface area contributed by atoms with Gasteiger partial charge in [-0.05, 0) is 30.3 Å². The molecular weight excluding hydrogens is 352 g/mol. The number of benzene rings is 1. The zero-order chi connectivity index (χ0) is 17.7. The summed E-state index contributed by atoms with van der Waals surface area (Å²) in [6.45, 7) is 0.234. The van der Waals surface area contributed by atoms with E-state index >= 15 is 0 Å². The second-order valence-electron chi connectivity index (χ2n) is 5.03. The molecule has 128 valence electrons. The van der Waals surface area contributed by atoms with Crippen LogP contribution in [-0.4, -0.2) is 44.4 Å². The van der Waals surface area contributed by atoms with E-state index in [-0.39, 0.29) is 22.0 Å². The summed E-state index contributed by atoms with van der Waals surface area (Å²) in [5.74, 6) is -0.626. The number of hydrogen-bond acceptors (Lipinski definition) is 5. The van der Waals surface area contributed by atoms with Crippen molar-refractivity contribution in [2.45, 2.75) is 11.3 Å². The van der Waals surface area contributed by atoms with Crippen molar-refractivity contribution in [1.29, 1.82) is 0 Å². The molecule has 24 heavy (non-hydrogen) atoms. The first-order valence-electron chi connectivity index (χ1n) is 7.10. The van der Waals surface area contributed by atoms with Crippen LogP contribution in [0, 0.1) is 0 Å². The van der Waals surface area contributed by atoms with E-state index in [0.717, 1.165) is 5.69 Å². The number of hydrogen-bond donors (Lipinski definition) is 0. The van der Waals surface area contributed by atoms with E-state index in [0.29, 0.717) is 6.42 Å². The molecule has 0 unspecified atom stereocenters. The topological polar surface area (TPSA) is 76.6 Å². The summed E-state index contributed by atoms with van der Waals surface area (Å²) in [6, 6.07) is 9.47. The van der Waals surface area contributed by atoms with Crippen LogP contribution in [0.5, 0.6) is 0 Å². The molecule has 0 aliphatic carbocycles. The predicted molar refractivity (Wildman–Crippen MR) is 90.5 cm³/mol. The average molecular weight is 369 g/mol. The van der Waals surface area contributed by atoms with Crippen LogP contribution in [-0.2, 0) is 21.2 Å². The van der Waals surface area contributed by atoms with Crippen LogP contribution >= 0.6 is 11.6 Å². The molecule has 6 nitrogen and oxygen atoms in total. The number of rotatable bonds is 6. The molecule has 0 radical (unpaired) electrons. The molecule has 0 aliphatic rings. The van der Waals surface area contributed by atoms with Crippen molar-refractivity contribution in [3.05, 3.63) is 58.9 Å². The predicted octanol–water partition coefficient (Wildman–Crippen LogP) is 2.38. The highest BCUT2D eigenvalue weighted by Crippen LogP contribution is 2.25. The fourth-order valence-electron chi connectivity index (χ4n) is 2.05. The van der Waals surface area contributed by atoms with Crippen LogP contribution in [0.1, 0.15) is 16.1 Å². The summed E-state index contributed by atoms with van der Waals surface area (Å²) >= 11 is 6.02. The van der Waals surface area contributed by atoms with Gasteiger partial charge in [0.2, 0.25) is 10.0 Å². The normalized spacial score (nSPS) is 11.5. The van der Waals surface area contributed by atoms with Gasteiger partial charge in [0, 0.05) is 31.9 Å². The van der Waals surface area contributed by atoms with Crippen molar-refractivity contribution in [2.75, 3.05) is 20.7 Å². The first-order chi connectivity index (χ1) is 11.4. The Balaban J connectivity index is 2.24. The van der Waals surface area contributed by atoms with Crippen molar-refractivity contribution in [3.63, 3.8) is 0 Å². The van der Waals surface area contributed by atoms with E-state index in [1.165, 1.54) is 36.7 Å². The summed E-state index contributed by atoms with van der Waals surface area (Å²) in [5.41, 5.74) is 0.910. The van der Waals surface area contributed by atoms with E-state index < -0.39 is 16.0 Å². The van der Waals surface area contributed by atoms with Crippen molar-refractivity contribution >= 4 is 27.6 Å². The number of likely N-dealkylation sites (N-methyl/N-ethyl adjacent to an activating group) is 1. The van der Waals surface area contributed by atoms with Crippen LogP contribution in [0.15, 0.2) is 47.5 Å². The van der Waals surface area contributed by atoms with E-state index in [4.69, 9.17) is 11.6 Å². The number of methoxy groups -OCH3 is 1. The Bertz CT molecular complexity index is 825. The van der Waals surface area contributed by atoms with E-state index in [9.17, 15) is 13.2 Å². The molecule has 0 N–H and O–H groups in total. The molecule has 0 fully saturated rings. The molecular formula is C16H17ClN2O4S. The maximum atomic E-state index is 12.7. The number of pyridine rings is 1. The van der Waals surface area contributed by atoms with E-state index in [2.05, 4.69) is 9.72 Å². The number of nitrogens with zero attached hydrogens (tertiary/aromatic N) is 2. The smallest absolute Gasteiger partial charge is 0.337 e. The van der Waals surface area contributed by atoms with Gasteiger partial charge in [-0.25, -0.2) is 17.5 Å². The Morgan fingerprint density at radius 3 is 2.67 bits per heavy atom. The van der Waals surface area contributed by atoms with Gasteiger partial charge in [0.25, 0.3) is 0 Å². The van der Waals surface area contributed by atoms with Crippen LogP contribution < -0.4 is 0 Å². The summed E-state index contributed by atoms with van der Waals surface area (Å²) < 4.78 is 31.2. The first-order valence-corrected chi connectivity index (χ1v) is 8.92. The molecule has 1 heterocycles. The molecule has 1 aromatic heterocycles. The zero-order valence-corrected chi connectivity index (χ0v) is 14.8. The number of carbonyl (C=O) groups excluding carboxylic acids is 1. The van der Waals surface area contributed by atoms with Crippen LogP contribution in [0.3, 0.4) is 0 Å². The van der Waals surface area contributed by atoms with E-state index in [1.807, 2.05) is 12.1 Å². The number of carbonyl (C=O) groups is 1. The molecule has 0 aliphatic heterocycles. The lowest BCUT2D eigenvalue weighted by atomic mass is 10.2. The summed E-state index contributed by atoms with van der Waals surface area (Å²) in [4.78, 5) is 15.6. The lowest BCUT2D eigenvalue weighted by Gasteiger charge is -2.18. The number of ether oxygens (including phenoxy) is 1. The fourth-order valence-corrected chi connectivity index (χ4v) is 3.72. The highest BCUT2D eigenvalue weighted by molar-refractivity contribution is 7.89. The van der Waals surface area contributed by atoms with Crippen LogP contribution in [0.4, 0.5) is 0 Å². The summed E-state index contributed by atoms with van der Waals surface area (Å²) in [5, 5.41) is 0.0485. The molecule has 1 aromatic carbocycles. The van der Waals surface area contributed by atoms with Gasteiger partial charge < -0.3 is 4.74 Å². The first kappa shape index (κ1) is 18.4. The van der Waals surface area contributed by atoms with Crippen molar-refractivity contribution in [1.82, 2.24) is 9.29 Å². The third-order valence-corrected chi connectivity index (χ3v) is 5.79. The van der Waals surface area contributed by atoms with Gasteiger partial charge in [-0.1, -0.05) is 17.7 Å². The maximum Gasteiger partial charge on any atom is 0.337 e. The molecule has 0 bridgehead atoms. The maximum absolute atomic E-state index is 12.7. The largest absolute Gasteiger partial charge is 0.465 e. The minimum Gasteiger partial charge on any atom is -0.465 e. The third-order valence-electron chi connectivity index (χ3n) is 3.45. The number of sulfonamides is 1. The van der Waals surface area contributed by atoms with E-state index in [1.54, 1.807) is 12.3 Å². The number of esters is 1. The number of halogens is 1. The van der Waals surface area contributed by atoms with Gasteiger partial charge in [-0.3, -0.25) is 4.98 Å². The minimum atomic E-state index is -3.84. The second-order valence-corrected chi connectivity index (χ2v) is 7.45. The van der Waals surface area contributed by atoms with Gasteiger partial charge in [0.05, 0.1) is 17.7 Å². The minimum absolute atomic E-state index is 0.0485. The summed E-state index contributed by atoms with van der Waals surface area (Å²) in [6.07, 6.45) is 2.12. The Morgan fingerprint density at radius 2 is 2.04 bits per heavy atom. The molecule has 0 atom stereocenters. The van der Waals surface area contributed by atoms with Crippen molar-refractivity contribution < 1.29 is 17.9 Å². The lowest BCUT2D eigenvalue weighted by molar-refractivity contribution is 0.0600. The van der Waals surface area contributed by atoms with Gasteiger partial charge in [-0.15, -0.1) is 0 Å². The molecule has 0 saturated carbocycles. The molecule has 8 heteroatoms. The SMILES string of the molecule is COC(=O)c1ccc(Cl)c(S(=O)(=O)N(C)CCc2ccccn2)c1. The quantitative estimate of drug-likeness (QED) is 0.732. The molecule has 0 spiro atoms. The standard InChI is InChI=1S/C16H17ClN2O4S/c1-19(10-8-13-5-3-4-9-18-13)24(21,22)15-11-12(16(20)23-2)6-7-14(15)17/h3-7,9,11H,8,10H2,1-2H3. The molecule has 0 saturated heterocycles. The lowest BCUT2D eigenvalue weighted by Crippen LogP contribution is -2.29. The third kappa shape index (κ3) is 4.11. The van der Waals surface area contributed by atoms with Crippen molar-refractivity contribution in [2.24, 2.45) is 0 Å². The van der Waals surface area contributed by atoms with Crippen LogP contribution in [0.25, 0.3) is 0 Å². The highest BCUT2D eigenvalue weighted by Gasteiger charge is 2.25. The Kier molecular flexibility index (Phi) is 5.93. The van der Waals surface area contributed by atoms with Crippen molar-refractivity contribution in [3.8, 4) is 0 Å². The average Bonchev–Trinajstić information content (AvgIpc) is 2.60. The Labute approximate surface area is 146 Å². The monoisotopic (exact) mass is 368 g/mol. The van der Waals surface area contributed by atoms with Gasteiger partial charge >= 0.3 is 5.97 Å². The Morgan fingerprint density at radius 1 is 1.29 bits per heavy atom. The van der Waals surface area contributed by atoms with Gasteiger partial charge in [-0.2, -0.15) is 0 Å². The molecule has 0 amide bonds. The van der Waals surface area contributed by atoms with Crippen LogP contribution in [0.2, 0.25) is 5.02 Å². The highest BCUT2D eigenvalue weighted by atomic mass is 35.5. The molecule has 2 rings (SSSR count). The second kappa shape index (κ2) is 7.74. The zero-order valence-electron chi connectivity index (χ0n) is 13.3.